The molecule has 1 unspecified atom stereocenters. The summed E-state index contributed by atoms with van der Waals surface area (Å²) in [5.41, 5.74) is 1.72. The third-order valence-corrected chi connectivity index (χ3v) is 3.97. The van der Waals surface area contributed by atoms with Crippen molar-refractivity contribution in [1.29, 1.82) is 0 Å². The van der Waals surface area contributed by atoms with Crippen molar-refractivity contribution in [2.75, 3.05) is 46.9 Å². The van der Waals surface area contributed by atoms with Gasteiger partial charge in [-0.2, -0.15) is 0 Å². The molecule has 106 valence electrons. The molecule has 0 amide bonds. The second-order valence-corrected chi connectivity index (χ2v) is 5.81. The average Bonchev–Trinajstić information content (AvgIpc) is 2.86. The van der Waals surface area contributed by atoms with Crippen molar-refractivity contribution in [3.05, 3.63) is 35.9 Å². The van der Waals surface area contributed by atoms with Gasteiger partial charge >= 0.3 is 0 Å². The summed E-state index contributed by atoms with van der Waals surface area (Å²) in [5.74, 6) is 0. The van der Waals surface area contributed by atoms with Crippen LogP contribution in [0.25, 0.3) is 0 Å². The number of nitrogens with zero attached hydrogens (tertiary/aromatic N) is 1. The third-order valence-electron chi connectivity index (χ3n) is 3.97. The summed E-state index contributed by atoms with van der Waals surface area (Å²) >= 11 is 0. The summed E-state index contributed by atoms with van der Waals surface area (Å²) in [6, 6.07) is 10.7. The lowest BCUT2D eigenvalue weighted by Gasteiger charge is -2.32. The Morgan fingerprint density at radius 1 is 1.32 bits per heavy atom. The minimum atomic E-state index is 0.306. The van der Waals surface area contributed by atoms with Gasteiger partial charge in [0.05, 0.1) is 6.61 Å². The zero-order valence-electron chi connectivity index (χ0n) is 12.2. The van der Waals surface area contributed by atoms with E-state index in [-0.39, 0.29) is 0 Å². The van der Waals surface area contributed by atoms with Crippen LogP contribution >= 0.6 is 0 Å². The van der Waals surface area contributed by atoms with Crippen LogP contribution in [0.1, 0.15) is 12.0 Å². The Morgan fingerprint density at radius 2 is 2.11 bits per heavy atom. The van der Waals surface area contributed by atoms with E-state index in [0.29, 0.717) is 5.41 Å². The molecule has 0 saturated carbocycles. The van der Waals surface area contributed by atoms with Crippen molar-refractivity contribution in [2.24, 2.45) is 5.41 Å². The van der Waals surface area contributed by atoms with Gasteiger partial charge in [-0.15, -0.1) is 0 Å². The van der Waals surface area contributed by atoms with Gasteiger partial charge in [0.15, 0.2) is 0 Å². The van der Waals surface area contributed by atoms with E-state index >= 15 is 0 Å². The van der Waals surface area contributed by atoms with Crippen LogP contribution in [-0.2, 0) is 11.2 Å². The average molecular weight is 262 g/mol. The van der Waals surface area contributed by atoms with Crippen LogP contribution in [-0.4, -0.2) is 51.8 Å². The Kier molecular flexibility index (Phi) is 5.37. The van der Waals surface area contributed by atoms with E-state index in [1.165, 1.54) is 12.0 Å². The number of rotatable bonds is 7. The standard InChI is InChI=1S/C16H26N2O/c1-17-12-16(9-11-19-14-16)13-18(2)10-8-15-6-4-3-5-7-15/h3-7,17H,8-14H2,1-2H3. The molecule has 1 fully saturated rings. The molecule has 1 atom stereocenters. The lowest BCUT2D eigenvalue weighted by Crippen LogP contribution is -2.43. The molecule has 1 aromatic rings. The van der Waals surface area contributed by atoms with E-state index in [0.717, 1.165) is 39.3 Å². The first-order chi connectivity index (χ1) is 9.24. The Bertz CT molecular complexity index is 360. The highest BCUT2D eigenvalue weighted by molar-refractivity contribution is 5.14. The molecular formula is C16H26N2O. The molecule has 1 aliphatic heterocycles. The maximum Gasteiger partial charge on any atom is 0.0547 e. The summed E-state index contributed by atoms with van der Waals surface area (Å²) in [6.45, 7) is 5.07. The Hall–Kier alpha value is -0.900. The van der Waals surface area contributed by atoms with E-state index in [4.69, 9.17) is 4.74 Å². The lowest BCUT2D eigenvalue weighted by molar-refractivity contribution is 0.121. The van der Waals surface area contributed by atoms with Crippen LogP contribution < -0.4 is 5.32 Å². The predicted molar refractivity (Wildman–Crippen MR) is 79.4 cm³/mol. The molecule has 3 heteroatoms. The van der Waals surface area contributed by atoms with Crippen molar-refractivity contribution in [3.8, 4) is 0 Å². The van der Waals surface area contributed by atoms with Crippen LogP contribution in [0.2, 0.25) is 0 Å². The molecule has 1 N–H and O–H groups in total. The molecule has 1 aliphatic rings. The van der Waals surface area contributed by atoms with Crippen LogP contribution in [0.15, 0.2) is 30.3 Å². The SMILES string of the molecule is CNCC1(CN(C)CCc2ccccc2)CCOC1. The van der Waals surface area contributed by atoms with E-state index in [1.54, 1.807) is 0 Å². The molecule has 1 saturated heterocycles. The Balaban J connectivity index is 1.81. The number of likely N-dealkylation sites (N-methyl/N-ethyl adjacent to an activating group) is 1. The summed E-state index contributed by atoms with van der Waals surface area (Å²) in [7, 11) is 4.25. The normalized spacial score (nSPS) is 23.1. The molecule has 3 nitrogen and oxygen atoms in total. The van der Waals surface area contributed by atoms with Crippen LogP contribution in [0.5, 0.6) is 0 Å². The van der Waals surface area contributed by atoms with Gasteiger partial charge in [-0.05, 0) is 32.5 Å². The zero-order chi connectivity index (χ0) is 13.6. The minimum absolute atomic E-state index is 0.306. The Morgan fingerprint density at radius 3 is 2.74 bits per heavy atom. The summed E-state index contributed by atoms with van der Waals surface area (Å²) < 4.78 is 5.61. The van der Waals surface area contributed by atoms with E-state index in [2.05, 4.69) is 47.6 Å². The van der Waals surface area contributed by atoms with Gasteiger partial charge in [0.25, 0.3) is 0 Å². The fourth-order valence-corrected chi connectivity index (χ4v) is 2.96. The molecule has 0 aliphatic carbocycles. The zero-order valence-corrected chi connectivity index (χ0v) is 12.2. The maximum absolute atomic E-state index is 5.61. The molecule has 19 heavy (non-hydrogen) atoms. The largest absolute Gasteiger partial charge is 0.381 e. The monoisotopic (exact) mass is 262 g/mol. The van der Waals surface area contributed by atoms with Gasteiger partial charge in [-0.1, -0.05) is 30.3 Å². The fourth-order valence-electron chi connectivity index (χ4n) is 2.96. The highest BCUT2D eigenvalue weighted by atomic mass is 16.5. The molecule has 1 heterocycles. The van der Waals surface area contributed by atoms with Crippen LogP contribution in [0.4, 0.5) is 0 Å². The maximum atomic E-state index is 5.61. The summed E-state index contributed by atoms with van der Waals surface area (Å²) in [4.78, 5) is 2.44. The minimum Gasteiger partial charge on any atom is -0.381 e. The first-order valence-electron chi connectivity index (χ1n) is 7.19. The summed E-state index contributed by atoms with van der Waals surface area (Å²) in [6.07, 6.45) is 2.29. The highest BCUT2D eigenvalue weighted by Gasteiger charge is 2.35. The van der Waals surface area contributed by atoms with Gasteiger partial charge < -0.3 is 15.0 Å². The molecule has 0 aromatic heterocycles. The van der Waals surface area contributed by atoms with Gasteiger partial charge in [0, 0.05) is 31.7 Å². The van der Waals surface area contributed by atoms with Crippen LogP contribution in [0.3, 0.4) is 0 Å². The molecular weight excluding hydrogens is 236 g/mol. The van der Waals surface area contributed by atoms with Crippen LogP contribution in [0, 0.1) is 5.41 Å². The molecule has 0 radical (unpaired) electrons. The van der Waals surface area contributed by atoms with Gasteiger partial charge in [0.2, 0.25) is 0 Å². The second-order valence-electron chi connectivity index (χ2n) is 5.81. The second kappa shape index (κ2) is 7.04. The van der Waals surface area contributed by atoms with Gasteiger partial charge in [-0.25, -0.2) is 0 Å². The molecule has 1 aromatic carbocycles. The van der Waals surface area contributed by atoms with E-state index < -0.39 is 0 Å². The van der Waals surface area contributed by atoms with Crippen molar-refractivity contribution in [3.63, 3.8) is 0 Å². The topological polar surface area (TPSA) is 24.5 Å². The van der Waals surface area contributed by atoms with Crippen molar-refractivity contribution < 1.29 is 4.74 Å². The predicted octanol–water partition coefficient (Wildman–Crippen LogP) is 1.79. The smallest absolute Gasteiger partial charge is 0.0547 e. The molecule has 0 spiro atoms. The van der Waals surface area contributed by atoms with Crippen molar-refractivity contribution >= 4 is 0 Å². The number of benzene rings is 1. The fraction of sp³-hybridized carbons (Fsp3) is 0.625. The summed E-state index contributed by atoms with van der Waals surface area (Å²) in [5, 5.41) is 3.32. The Labute approximate surface area is 116 Å². The lowest BCUT2D eigenvalue weighted by atomic mass is 9.86. The van der Waals surface area contributed by atoms with Gasteiger partial charge in [0.1, 0.15) is 0 Å². The quantitative estimate of drug-likeness (QED) is 0.811. The first kappa shape index (κ1) is 14.5. The van der Waals surface area contributed by atoms with Crippen molar-refractivity contribution in [2.45, 2.75) is 12.8 Å². The number of hydrogen-bond donors (Lipinski definition) is 1. The molecule has 2 rings (SSSR count). The van der Waals surface area contributed by atoms with E-state index in [9.17, 15) is 0 Å². The van der Waals surface area contributed by atoms with Gasteiger partial charge in [-0.3, -0.25) is 0 Å². The first-order valence-corrected chi connectivity index (χ1v) is 7.19. The number of hydrogen-bond acceptors (Lipinski definition) is 3. The number of ether oxygens (including phenoxy) is 1. The van der Waals surface area contributed by atoms with Crippen molar-refractivity contribution in [1.82, 2.24) is 10.2 Å². The molecule has 0 bridgehead atoms. The van der Waals surface area contributed by atoms with E-state index in [1.807, 2.05) is 7.05 Å². The highest BCUT2D eigenvalue weighted by Crippen LogP contribution is 2.28. The number of nitrogens with one attached hydrogen (secondary N) is 1. The third kappa shape index (κ3) is 4.30.